The molecule has 0 saturated carbocycles. The summed E-state index contributed by atoms with van der Waals surface area (Å²) in [6.45, 7) is 32.2. The Morgan fingerprint density at radius 3 is 1.00 bits per heavy atom. The highest BCUT2D eigenvalue weighted by molar-refractivity contribution is 5.57. The van der Waals surface area contributed by atoms with Crippen molar-refractivity contribution in [2.75, 3.05) is 0 Å². The van der Waals surface area contributed by atoms with Gasteiger partial charge in [-0.1, -0.05) is 13.8 Å². The van der Waals surface area contributed by atoms with Gasteiger partial charge in [0.15, 0.2) is 0 Å². The van der Waals surface area contributed by atoms with Crippen LogP contribution in [0.4, 0.5) is 0 Å². The van der Waals surface area contributed by atoms with Gasteiger partial charge in [0.25, 0.3) is 0 Å². The molecule has 0 aliphatic rings. The van der Waals surface area contributed by atoms with Gasteiger partial charge in [0.05, 0.1) is 0 Å². The Balaban J connectivity index is 1.67. The summed E-state index contributed by atoms with van der Waals surface area (Å²) in [6.07, 6.45) is 4.86. The summed E-state index contributed by atoms with van der Waals surface area (Å²) in [5.41, 5.74) is 26.2. The van der Waals surface area contributed by atoms with Gasteiger partial charge in [-0.05, 0) is 215 Å². The van der Waals surface area contributed by atoms with E-state index in [9.17, 15) is 0 Å². The Hall–Kier alpha value is -3.06. The van der Waals surface area contributed by atoms with Crippen molar-refractivity contribution in [2.24, 2.45) is 0 Å². The first-order valence-corrected chi connectivity index (χ1v) is 16.1. The second-order valence-corrected chi connectivity index (χ2v) is 13.0. The maximum absolute atomic E-state index is 6.55. The van der Waals surface area contributed by atoms with Gasteiger partial charge in [-0.2, -0.15) is 0 Å². The Morgan fingerprint density at radius 2 is 0.619 bits per heavy atom. The molecule has 0 spiro atoms. The lowest BCUT2D eigenvalue weighted by molar-refractivity contribution is 0.480. The highest BCUT2D eigenvalue weighted by Gasteiger charge is 2.21. The molecular weight excluding hydrogens is 508 g/mol. The van der Waals surface area contributed by atoms with Crippen LogP contribution in [0.5, 0.6) is 0 Å². The fourth-order valence-electron chi connectivity index (χ4n) is 7.58. The maximum atomic E-state index is 6.55. The minimum atomic E-state index is 0.840. The van der Waals surface area contributed by atoms with E-state index in [-0.39, 0.29) is 0 Å². The molecule has 0 atom stereocenters. The number of rotatable bonds is 8. The van der Waals surface area contributed by atoms with Gasteiger partial charge >= 0.3 is 0 Å². The van der Waals surface area contributed by atoms with E-state index in [2.05, 4.69) is 109 Å². The zero-order valence-electron chi connectivity index (χ0n) is 29.1. The number of benzene rings is 3. The van der Waals surface area contributed by atoms with Gasteiger partial charge in [-0.3, -0.25) is 0 Å². The standard InChI is InChI=1S/C41H54O/c1-15-36-26(7)28(9)39(29(10)27(36)8)21-40-32(13)30(11)38(31(12)33(40)14)19-34-17-18-35(42-34)20-41-25(6)23(4)22(3)24(5)37(41)16-2/h17-18H,15-16,19-21H2,1-14H3. The van der Waals surface area contributed by atoms with Crippen LogP contribution in [0.1, 0.15) is 126 Å². The van der Waals surface area contributed by atoms with E-state index >= 15 is 0 Å². The summed E-state index contributed by atoms with van der Waals surface area (Å²) in [4.78, 5) is 0. The van der Waals surface area contributed by atoms with Crippen LogP contribution >= 0.6 is 0 Å². The molecule has 0 N–H and O–H groups in total. The molecule has 0 aliphatic heterocycles. The third-order valence-corrected chi connectivity index (χ3v) is 11.3. The first-order chi connectivity index (χ1) is 19.7. The average molecular weight is 563 g/mol. The molecule has 0 saturated heterocycles. The van der Waals surface area contributed by atoms with Crippen molar-refractivity contribution in [3.05, 3.63) is 124 Å². The summed E-state index contributed by atoms with van der Waals surface area (Å²) in [5.74, 6) is 2.13. The van der Waals surface area contributed by atoms with E-state index in [0.717, 1.165) is 43.6 Å². The predicted octanol–water partition coefficient (Wildman–Crippen LogP) is 10.9. The van der Waals surface area contributed by atoms with E-state index in [1.807, 2.05) is 0 Å². The number of furan rings is 1. The zero-order valence-corrected chi connectivity index (χ0v) is 29.1. The van der Waals surface area contributed by atoms with Crippen molar-refractivity contribution in [1.29, 1.82) is 0 Å². The first-order valence-electron chi connectivity index (χ1n) is 16.1. The van der Waals surface area contributed by atoms with Crippen molar-refractivity contribution in [3.8, 4) is 0 Å². The second kappa shape index (κ2) is 12.3. The number of hydrogen-bond donors (Lipinski definition) is 0. The lowest BCUT2D eigenvalue weighted by atomic mass is 9.81. The Bertz CT molecular complexity index is 1610. The molecule has 1 aromatic heterocycles. The second-order valence-electron chi connectivity index (χ2n) is 13.0. The van der Waals surface area contributed by atoms with E-state index in [1.54, 1.807) is 0 Å². The van der Waals surface area contributed by atoms with E-state index < -0.39 is 0 Å². The zero-order chi connectivity index (χ0) is 31.2. The van der Waals surface area contributed by atoms with Crippen LogP contribution in [0.15, 0.2) is 16.5 Å². The maximum Gasteiger partial charge on any atom is 0.108 e. The van der Waals surface area contributed by atoms with Crippen molar-refractivity contribution in [2.45, 2.75) is 129 Å². The fourth-order valence-corrected chi connectivity index (χ4v) is 7.58. The van der Waals surface area contributed by atoms with Gasteiger partial charge in [-0.15, -0.1) is 0 Å². The summed E-state index contributed by atoms with van der Waals surface area (Å²) in [7, 11) is 0. The molecule has 4 aromatic rings. The summed E-state index contributed by atoms with van der Waals surface area (Å²) >= 11 is 0. The van der Waals surface area contributed by atoms with E-state index in [4.69, 9.17) is 4.42 Å². The largest absolute Gasteiger partial charge is 0.465 e. The lowest BCUT2D eigenvalue weighted by Gasteiger charge is -2.24. The van der Waals surface area contributed by atoms with Gasteiger partial charge in [0.1, 0.15) is 11.5 Å². The molecular formula is C41H54O. The monoisotopic (exact) mass is 562 g/mol. The predicted molar refractivity (Wildman–Crippen MR) is 182 cm³/mol. The third-order valence-electron chi connectivity index (χ3n) is 11.3. The lowest BCUT2D eigenvalue weighted by Crippen LogP contribution is -2.10. The van der Waals surface area contributed by atoms with Gasteiger partial charge in [0, 0.05) is 12.8 Å². The molecule has 4 rings (SSSR count). The molecule has 1 nitrogen and oxygen atoms in total. The van der Waals surface area contributed by atoms with Gasteiger partial charge < -0.3 is 4.42 Å². The normalized spacial score (nSPS) is 11.6. The van der Waals surface area contributed by atoms with Crippen LogP contribution < -0.4 is 0 Å². The van der Waals surface area contributed by atoms with Crippen LogP contribution in [0.25, 0.3) is 0 Å². The molecule has 0 radical (unpaired) electrons. The molecule has 0 bridgehead atoms. The van der Waals surface area contributed by atoms with Gasteiger partial charge in [0.2, 0.25) is 0 Å². The molecule has 0 aliphatic carbocycles. The summed E-state index contributed by atoms with van der Waals surface area (Å²) in [5, 5.41) is 0. The first kappa shape index (κ1) is 31.9. The van der Waals surface area contributed by atoms with Crippen molar-refractivity contribution < 1.29 is 4.42 Å². The number of hydrogen-bond acceptors (Lipinski definition) is 1. The van der Waals surface area contributed by atoms with Crippen LogP contribution in [-0.4, -0.2) is 0 Å². The highest BCUT2D eigenvalue weighted by Crippen LogP contribution is 2.35. The van der Waals surface area contributed by atoms with Crippen molar-refractivity contribution >= 4 is 0 Å². The highest BCUT2D eigenvalue weighted by atomic mass is 16.3. The Labute approximate surface area is 256 Å². The Kier molecular flexibility index (Phi) is 9.31. The van der Waals surface area contributed by atoms with Crippen LogP contribution in [0.2, 0.25) is 0 Å². The molecule has 0 unspecified atom stereocenters. The SMILES string of the molecule is CCc1c(C)c(C)c(Cc2c(C)c(C)c(Cc3ccc(Cc4c(C)c(C)c(C)c(C)c4CC)o3)c(C)c2C)c(C)c1C. The van der Waals surface area contributed by atoms with Crippen molar-refractivity contribution in [1.82, 2.24) is 0 Å². The van der Waals surface area contributed by atoms with Crippen LogP contribution in [0, 0.1) is 83.1 Å². The molecule has 1 heteroatoms. The third kappa shape index (κ3) is 5.41. The van der Waals surface area contributed by atoms with Gasteiger partial charge in [-0.25, -0.2) is 0 Å². The smallest absolute Gasteiger partial charge is 0.108 e. The molecule has 1 heterocycles. The molecule has 3 aromatic carbocycles. The van der Waals surface area contributed by atoms with Crippen molar-refractivity contribution in [3.63, 3.8) is 0 Å². The fraction of sp³-hybridized carbons (Fsp3) is 0.463. The van der Waals surface area contributed by atoms with Crippen LogP contribution in [-0.2, 0) is 32.1 Å². The molecule has 0 amide bonds. The minimum absolute atomic E-state index is 0.840. The minimum Gasteiger partial charge on any atom is -0.465 e. The quantitative estimate of drug-likeness (QED) is 0.208. The average Bonchev–Trinajstić information content (AvgIpc) is 3.42. The van der Waals surface area contributed by atoms with Crippen LogP contribution in [0.3, 0.4) is 0 Å². The van der Waals surface area contributed by atoms with E-state index in [1.165, 1.54) is 100 Å². The van der Waals surface area contributed by atoms with E-state index in [0.29, 0.717) is 0 Å². The molecule has 0 fully saturated rings. The molecule has 42 heavy (non-hydrogen) atoms. The summed E-state index contributed by atoms with van der Waals surface area (Å²) in [6, 6.07) is 4.41. The summed E-state index contributed by atoms with van der Waals surface area (Å²) < 4.78 is 6.55. The Morgan fingerprint density at radius 1 is 0.333 bits per heavy atom. The topological polar surface area (TPSA) is 13.1 Å². The molecule has 224 valence electrons.